The third-order valence-electron chi connectivity index (χ3n) is 4.94. The van der Waals surface area contributed by atoms with Gasteiger partial charge in [0.1, 0.15) is 12.4 Å². The van der Waals surface area contributed by atoms with Crippen LogP contribution >= 0.6 is 0 Å². The van der Waals surface area contributed by atoms with Gasteiger partial charge in [0, 0.05) is 24.4 Å². The summed E-state index contributed by atoms with van der Waals surface area (Å²) in [6.45, 7) is 5.63. The fourth-order valence-corrected chi connectivity index (χ4v) is 3.41. The molecule has 0 aliphatic carbocycles. The summed E-state index contributed by atoms with van der Waals surface area (Å²) in [5.41, 5.74) is 4.51. The zero-order valence-electron chi connectivity index (χ0n) is 17.4. The number of aryl methyl sites for hydroxylation is 1. The molecule has 0 saturated carbocycles. The summed E-state index contributed by atoms with van der Waals surface area (Å²) in [4.78, 5) is 16.0. The number of carbonyl (C=O) groups excluding carboxylic acids is 1. The Morgan fingerprint density at radius 2 is 1.77 bits per heavy atom. The number of ether oxygens (including phenoxy) is 2. The summed E-state index contributed by atoms with van der Waals surface area (Å²) >= 11 is 0. The summed E-state index contributed by atoms with van der Waals surface area (Å²) in [7, 11) is 0. The van der Waals surface area contributed by atoms with E-state index in [1.165, 1.54) is 17.0 Å². The van der Waals surface area contributed by atoms with E-state index in [0.29, 0.717) is 19.6 Å². The van der Waals surface area contributed by atoms with Gasteiger partial charge in [0.05, 0.1) is 6.54 Å². The van der Waals surface area contributed by atoms with Gasteiger partial charge in [-0.2, -0.15) is 5.90 Å². The van der Waals surface area contributed by atoms with Gasteiger partial charge >= 0.3 is 5.97 Å². The largest absolute Gasteiger partial charge is 0.492 e. The number of benzene rings is 2. The smallest absolute Gasteiger partial charge is 0.354 e. The van der Waals surface area contributed by atoms with E-state index < -0.39 is 12.1 Å². The van der Waals surface area contributed by atoms with E-state index in [-0.39, 0.29) is 0 Å². The maximum Gasteiger partial charge on any atom is 0.354 e. The minimum absolute atomic E-state index is 0.396. The van der Waals surface area contributed by atoms with Crippen LogP contribution in [-0.4, -0.2) is 29.9 Å². The summed E-state index contributed by atoms with van der Waals surface area (Å²) in [6, 6.07) is 22.2. The molecule has 1 aromatic heterocycles. The first kappa shape index (κ1) is 21.6. The maximum atomic E-state index is 11.7. The molecule has 1 unspecified atom stereocenters. The molecule has 0 saturated heterocycles. The Hall–Kier alpha value is -3.09. The van der Waals surface area contributed by atoms with Crippen molar-refractivity contribution < 1.29 is 19.1 Å². The summed E-state index contributed by atoms with van der Waals surface area (Å²) in [6.07, 6.45) is -0.312. The lowest BCUT2D eigenvalue weighted by Crippen LogP contribution is -2.30. The van der Waals surface area contributed by atoms with Crippen molar-refractivity contribution in [1.29, 1.82) is 0 Å². The number of carbonyl (C=O) groups is 1. The molecular formula is C24H28N2O4. The van der Waals surface area contributed by atoms with Crippen molar-refractivity contribution in [3.05, 3.63) is 78.0 Å². The van der Waals surface area contributed by atoms with Crippen LogP contribution in [0.5, 0.6) is 5.75 Å². The highest BCUT2D eigenvalue weighted by Crippen LogP contribution is 2.22. The summed E-state index contributed by atoms with van der Waals surface area (Å²) in [5, 5.41) is 0. The van der Waals surface area contributed by atoms with E-state index in [0.717, 1.165) is 17.9 Å². The molecule has 1 heterocycles. The molecule has 6 heteroatoms. The van der Waals surface area contributed by atoms with Crippen molar-refractivity contribution in [3.63, 3.8) is 0 Å². The first-order chi connectivity index (χ1) is 14.6. The molecule has 0 amide bonds. The highest BCUT2D eigenvalue weighted by atomic mass is 16.7. The topological polar surface area (TPSA) is 75.7 Å². The number of hydrogen-bond acceptors (Lipinski definition) is 5. The Bertz CT molecular complexity index is 936. The van der Waals surface area contributed by atoms with Crippen molar-refractivity contribution >= 4 is 5.97 Å². The lowest BCUT2D eigenvalue weighted by molar-refractivity contribution is -0.157. The Morgan fingerprint density at radius 3 is 2.43 bits per heavy atom. The Balaban J connectivity index is 1.58. The molecule has 0 aliphatic rings. The van der Waals surface area contributed by atoms with Crippen molar-refractivity contribution in [1.82, 2.24) is 4.57 Å². The molecule has 0 aliphatic heterocycles. The lowest BCUT2D eigenvalue weighted by Gasteiger charge is -2.15. The quantitative estimate of drug-likeness (QED) is 0.515. The Morgan fingerprint density at radius 1 is 1.03 bits per heavy atom. The first-order valence-corrected chi connectivity index (χ1v) is 10.1. The van der Waals surface area contributed by atoms with Crippen molar-refractivity contribution in [2.24, 2.45) is 5.90 Å². The third kappa shape index (κ3) is 5.49. The Kier molecular flexibility index (Phi) is 7.65. The molecule has 0 fully saturated rings. The second-order valence-corrected chi connectivity index (χ2v) is 6.96. The summed E-state index contributed by atoms with van der Waals surface area (Å²) < 4.78 is 13.6. The van der Waals surface area contributed by atoms with E-state index in [9.17, 15) is 4.79 Å². The predicted octanol–water partition coefficient (Wildman–Crippen LogP) is 3.91. The van der Waals surface area contributed by atoms with Crippen LogP contribution in [0.1, 0.15) is 18.2 Å². The van der Waals surface area contributed by atoms with Crippen LogP contribution in [0.2, 0.25) is 0 Å². The standard InChI is InChI=1S/C24H28N2O4/c1-3-28-23(24(27)30-25)17-19-10-12-21(13-11-19)29-16-15-26-18(2)9-14-22(26)20-7-5-4-6-8-20/h4-14,23H,3,15-17,25H2,1-2H3. The minimum Gasteiger partial charge on any atom is -0.492 e. The van der Waals surface area contributed by atoms with Crippen molar-refractivity contribution in [2.75, 3.05) is 13.2 Å². The molecule has 3 rings (SSSR count). The molecule has 1 atom stereocenters. The van der Waals surface area contributed by atoms with Gasteiger partial charge in [-0.3, -0.25) is 0 Å². The van der Waals surface area contributed by atoms with Crippen LogP contribution < -0.4 is 10.6 Å². The van der Waals surface area contributed by atoms with Gasteiger partial charge < -0.3 is 18.9 Å². The van der Waals surface area contributed by atoms with Crippen LogP contribution in [0, 0.1) is 6.92 Å². The van der Waals surface area contributed by atoms with Crippen LogP contribution in [0.25, 0.3) is 11.3 Å². The fourth-order valence-electron chi connectivity index (χ4n) is 3.41. The fraction of sp³-hybridized carbons (Fsp3) is 0.292. The molecule has 2 N–H and O–H groups in total. The zero-order valence-corrected chi connectivity index (χ0v) is 17.4. The zero-order chi connectivity index (χ0) is 21.3. The second-order valence-electron chi connectivity index (χ2n) is 6.96. The highest BCUT2D eigenvalue weighted by molar-refractivity contribution is 5.74. The Labute approximate surface area is 177 Å². The van der Waals surface area contributed by atoms with Crippen molar-refractivity contribution in [2.45, 2.75) is 32.9 Å². The molecule has 2 aromatic carbocycles. The average molecular weight is 408 g/mol. The number of hydrogen-bond donors (Lipinski definition) is 1. The van der Waals surface area contributed by atoms with Gasteiger partial charge in [0.15, 0.2) is 6.10 Å². The number of nitrogens with two attached hydrogens (primary N) is 1. The second kappa shape index (κ2) is 10.6. The molecule has 6 nitrogen and oxygen atoms in total. The van der Waals surface area contributed by atoms with Gasteiger partial charge in [-0.15, -0.1) is 0 Å². The van der Waals surface area contributed by atoms with Crippen molar-refractivity contribution in [3.8, 4) is 17.0 Å². The van der Waals surface area contributed by atoms with Crippen LogP contribution in [0.4, 0.5) is 0 Å². The monoisotopic (exact) mass is 408 g/mol. The van der Waals surface area contributed by atoms with E-state index in [1.54, 1.807) is 0 Å². The highest BCUT2D eigenvalue weighted by Gasteiger charge is 2.20. The minimum atomic E-state index is -0.708. The van der Waals surface area contributed by atoms with Crippen LogP contribution in [-0.2, 0) is 27.3 Å². The number of rotatable bonds is 10. The van der Waals surface area contributed by atoms with Gasteiger partial charge in [0.25, 0.3) is 0 Å². The van der Waals surface area contributed by atoms with Gasteiger partial charge in [-0.25, -0.2) is 4.79 Å². The normalized spacial score (nSPS) is 11.8. The number of nitrogens with zero attached hydrogens (tertiary/aromatic N) is 1. The van der Waals surface area contributed by atoms with E-state index in [1.807, 2.05) is 49.4 Å². The van der Waals surface area contributed by atoms with Crippen LogP contribution in [0.3, 0.4) is 0 Å². The molecular weight excluding hydrogens is 380 g/mol. The van der Waals surface area contributed by atoms with Gasteiger partial charge in [0.2, 0.25) is 0 Å². The first-order valence-electron chi connectivity index (χ1n) is 10.1. The average Bonchev–Trinajstić information content (AvgIpc) is 3.15. The molecule has 3 aromatic rings. The third-order valence-corrected chi connectivity index (χ3v) is 4.94. The van der Waals surface area contributed by atoms with E-state index >= 15 is 0 Å². The van der Waals surface area contributed by atoms with Crippen LogP contribution in [0.15, 0.2) is 66.7 Å². The van der Waals surface area contributed by atoms with E-state index in [4.69, 9.17) is 15.4 Å². The molecule has 0 radical (unpaired) electrons. The van der Waals surface area contributed by atoms with E-state index in [2.05, 4.69) is 40.6 Å². The molecule has 0 bridgehead atoms. The lowest BCUT2D eigenvalue weighted by atomic mass is 10.1. The summed E-state index contributed by atoms with van der Waals surface area (Å²) in [5.74, 6) is 5.18. The maximum absolute atomic E-state index is 11.7. The molecule has 158 valence electrons. The predicted molar refractivity (Wildman–Crippen MR) is 116 cm³/mol. The van der Waals surface area contributed by atoms with Gasteiger partial charge in [-0.05, 0) is 49.2 Å². The van der Waals surface area contributed by atoms with Gasteiger partial charge in [-0.1, -0.05) is 42.5 Å². The molecule has 30 heavy (non-hydrogen) atoms. The SMILES string of the molecule is CCOC(Cc1ccc(OCCn2c(C)ccc2-c2ccccc2)cc1)C(=O)ON. The molecule has 0 spiro atoms. The number of aromatic nitrogens is 1.